The van der Waals surface area contributed by atoms with Crippen molar-refractivity contribution < 1.29 is 0 Å². The Balaban J connectivity index is 2.14. The lowest BCUT2D eigenvalue weighted by molar-refractivity contribution is 0.455. The van der Waals surface area contributed by atoms with E-state index >= 15 is 0 Å². The molecule has 0 saturated heterocycles. The molecule has 0 aliphatic rings. The molecule has 3 nitrogen and oxygen atoms in total. The van der Waals surface area contributed by atoms with Crippen LogP contribution in [-0.4, -0.2) is 22.9 Å². The Morgan fingerprint density at radius 2 is 1.95 bits per heavy atom. The van der Waals surface area contributed by atoms with Crippen LogP contribution in [0.15, 0.2) is 42.7 Å². The molecule has 1 aromatic carbocycles. The van der Waals surface area contributed by atoms with Gasteiger partial charge < -0.3 is 5.32 Å². The average Bonchev–Trinajstić information content (AvgIpc) is 2.82. The summed E-state index contributed by atoms with van der Waals surface area (Å²) in [5, 5.41) is 7.99. The van der Waals surface area contributed by atoms with Gasteiger partial charge in [-0.05, 0) is 40.6 Å². The quantitative estimate of drug-likeness (QED) is 0.792. The normalized spacial score (nSPS) is 12.8. The van der Waals surface area contributed by atoms with Crippen molar-refractivity contribution in [2.24, 2.45) is 5.92 Å². The van der Waals surface area contributed by atoms with Crippen LogP contribution in [0.3, 0.4) is 0 Å². The molecule has 19 heavy (non-hydrogen) atoms. The van der Waals surface area contributed by atoms with Gasteiger partial charge in [0.1, 0.15) is 0 Å². The molecule has 0 aliphatic carbocycles. The largest absolute Gasteiger partial charge is 0.314 e. The van der Waals surface area contributed by atoms with Crippen LogP contribution in [0.4, 0.5) is 0 Å². The molecule has 0 bridgehead atoms. The molecule has 1 aromatic heterocycles. The maximum atomic E-state index is 4.46. The summed E-state index contributed by atoms with van der Waals surface area (Å²) in [5.74, 6) is 0.661. The van der Waals surface area contributed by atoms with Gasteiger partial charge in [0.05, 0.1) is 15.8 Å². The zero-order valence-electron chi connectivity index (χ0n) is 11.4. The fourth-order valence-electron chi connectivity index (χ4n) is 2.03. The molecular formula is C15H20IN3. The third-order valence-electron chi connectivity index (χ3n) is 2.96. The number of nitrogens with one attached hydrogen (secondary N) is 1. The van der Waals surface area contributed by atoms with Gasteiger partial charge in [0, 0.05) is 12.7 Å². The van der Waals surface area contributed by atoms with E-state index in [1.807, 2.05) is 10.9 Å². The monoisotopic (exact) mass is 369 g/mol. The van der Waals surface area contributed by atoms with Crippen molar-refractivity contribution >= 4 is 22.6 Å². The lowest BCUT2D eigenvalue weighted by atomic mass is 10.1. The van der Waals surface area contributed by atoms with Gasteiger partial charge in [0.2, 0.25) is 0 Å². The minimum absolute atomic E-state index is 0.253. The standard InChI is InChI=1S/C15H20IN3/c1-12(2)8-17-10-15(13-6-4-3-5-7-13)19-11-14(16)9-18-19/h3-7,9,11-12,15,17H,8,10H2,1-2H3. The van der Waals surface area contributed by atoms with Gasteiger partial charge in [-0.1, -0.05) is 44.2 Å². The molecule has 0 spiro atoms. The number of aromatic nitrogens is 2. The summed E-state index contributed by atoms with van der Waals surface area (Å²) in [6.07, 6.45) is 3.99. The van der Waals surface area contributed by atoms with Crippen LogP contribution in [0.5, 0.6) is 0 Å². The van der Waals surface area contributed by atoms with Gasteiger partial charge in [-0.2, -0.15) is 5.10 Å². The highest BCUT2D eigenvalue weighted by atomic mass is 127. The molecule has 0 radical (unpaired) electrons. The molecule has 1 heterocycles. The summed E-state index contributed by atoms with van der Waals surface area (Å²) in [6, 6.07) is 10.8. The summed E-state index contributed by atoms with van der Waals surface area (Å²) in [5.41, 5.74) is 1.29. The Labute approximate surface area is 128 Å². The second kappa shape index (κ2) is 7.05. The molecular weight excluding hydrogens is 349 g/mol. The topological polar surface area (TPSA) is 29.9 Å². The van der Waals surface area contributed by atoms with E-state index < -0.39 is 0 Å². The summed E-state index contributed by atoms with van der Waals surface area (Å²) in [4.78, 5) is 0. The van der Waals surface area contributed by atoms with E-state index in [1.165, 1.54) is 9.13 Å². The van der Waals surface area contributed by atoms with Crippen molar-refractivity contribution in [3.8, 4) is 0 Å². The van der Waals surface area contributed by atoms with Crippen LogP contribution in [-0.2, 0) is 0 Å². The zero-order valence-corrected chi connectivity index (χ0v) is 13.5. The minimum Gasteiger partial charge on any atom is -0.314 e. The number of hydrogen-bond acceptors (Lipinski definition) is 2. The molecule has 2 rings (SSSR count). The molecule has 0 saturated carbocycles. The average molecular weight is 369 g/mol. The Hall–Kier alpha value is -0.880. The first kappa shape index (κ1) is 14.5. The van der Waals surface area contributed by atoms with E-state index in [0.29, 0.717) is 5.92 Å². The van der Waals surface area contributed by atoms with Gasteiger partial charge in [0.25, 0.3) is 0 Å². The van der Waals surface area contributed by atoms with E-state index in [1.54, 1.807) is 0 Å². The molecule has 0 fully saturated rings. The Morgan fingerprint density at radius 1 is 1.21 bits per heavy atom. The summed E-state index contributed by atoms with van der Waals surface area (Å²) in [7, 11) is 0. The van der Waals surface area contributed by atoms with Crippen LogP contribution in [0.1, 0.15) is 25.5 Å². The molecule has 4 heteroatoms. The van der Waals surface area contributed by atoms with Crippen molar-refractivity contribution in [3.05, 3.63) is 51.9 Å². The number of halogens is 1. The maximum absolute atomic E-state index is 4.46. The third-order valence-corrected chi connectivity index (χ3v) is 3.52. The van der Waals surface area contributed by atoms with Gasteiger partial charge in [0.15, 0.2) is 0 Å². The fourth-order valence-corrected chi connectivity index (χ4v) is 2.44. The second-order valence-electron chi connectivity index (χ2n) is 5.12. The van der Waals surface area contributed by atoms with Crippen molar-refractivity contribution in [1.82, 2.24) is 15.1 Å². The molecule has 1 atom stereocenters. The van der Waals surface area contributed by atoms with Crippen molar-refractivity contribution in [2.75, 3.05) is 13.1 Å². The van der Waals surface area contributed by atoms with E-state index in [9.17, 15) is 0 Å². The predicted molar refractivity (Wildman–Crippen MR) is 87.2 cm³/mol. The minimum atomic E-state index is 0.253. The molecule has 1 unspecified atom stereocenters. The number of benzene rings is 1. The smallest absolute Gasteiger partial charge is 0.0893 e. The van der Waals surface area contributed by atoms with Crippen LogP contribution in [0.2, 0.25) is 0 Å². The first-order valence-electron chi connectivity index (χ1n) is 6.62. The number of hydrogen-bond donors (Lipinski definition) is 1. The number of rotatable bonds is 6. The van der Waals surface area contributed by atoms with E-state index in [2.05, 4.69) is 83.4 Å². The van der Waals surface area contributed by atoms with Gasteiger partial charge in [-0.3, -0.25) is 4.68 Å². The number of nitrogens with zero attached hydrogens (tertiary/aromatic N) is 2. The summed E-state index contributed by atoms with van der Waals surface area (Å²) in [6.45, 7) is 6.38. The highest BCUT2D eigenvalue weighted by Gasteiger charge is 2.14. The van der Waals surface area contributed by atoms with Crippen LogP contribution >= 0.6 is 22.6 Å². The van der Waals surface area contributed by atoms with Crippen molar-refractivity contribution in [3.63, 3.8) is 0 Å². The fraction of sp³-hybridized carbons (Fsp3) is 0.400. The summed E-state index contributed by atoms with van der Waals surface area (Å²) >= 11 is 2.30. The first-order valence-corrected chi connectivity index (χ1v) is 7.70. The maximum Gasteiger partial charge on any atom is 0.0893 e. The first-order chi connectivity index (χ1) is 9.16. The zero-order chi connectivity index (χ0) is 13.7. The van der Waals surface area contributed by atoms with E-state index in [-0.39, 0.29) is 6.04 Å². The van der Waals surface area contributed by atoms with Crippen molar-refractivity contribution in [1.29, 1.82) is 0 Å². The Kier molecular flexibility index (Phi) is 5.39. The van der Waals surface area contributed by atoms with Gasteiger partial charge >= 0.3 is 0 Å². The van der Waals surface area contributed by atoms with Crippen LogP contribution in [0.25, 0.3) is 0 Å². The molecule has 0 aliphatic heterocycles. The molecule has 1 N–H and O–H groups in total. The Morgan fingerprint density at radius 3 is 2.53 bits per heavy atom. The highest BCUT2D eigenvalue weighted by Crippen LogP contribution is 2.18. The lowest BCUT2D eigenvalue weighted by Crippen LogP contribution is -2.29. The van der Waals surface area contributed by atoms with E-state index in [0.717, 1.165) is 13.1 Å². The highest BCUT2D eigenvalue weighted by molar-refractivity contribution is 14.1. The molecule has 2 aromatic rings. The van der Waals surface area contributed by atoms with Gasteiger partial charge in [-0.15, -0.1) is 0 Å². The van der Waals surface area contributed by atoms with E-state index in [4.69, 9.17) is 0 Å². The second-order valence-corrected chi connectivity index (χ2v) is 6.36. The molecule has 0 amide bonds. The van der Waals surface area contributed by atoms with Gasteiger partial charge in [-0.25, -0.2) is 0 Å². The van der Waals surface area contributed by atoms with Crippen LogP contribution < -0.4 is 5.32 Å². The predicted octanol–water partition coefficient (Wildman–Crippen LogP) is 3.32. The third kappa shape index (κ3) is 4.31. The van der Waals surface area contributed by atoms with Crippen molar-refractivity contribution in [2.45, 2.75) is 19.9 Å². The SMILES string of the molecule is CC(C)CNCC(c1ccccc1)n1cc(I)cn1. The van der Waals surface area contributed by atoms with Crippen LogP contribution in [0, 0.1) is 9.49 Å². The Bertz CT molecular complexity index is 493. The lowest BCUT2D eigenvalue weighted by Gasteiger charge is -2.19. The molecule has 102 valence electrons. The summed E-state index contributed by atoms with van der Waals surface area (Å²) < 4.78 is 3.21.